The fourth-order valence-electron chi connectivity index (χ4n) is 2.80. The maximum Gasteiger partial charge on any atom is 0.251 e. The van der Waals surface area contributed by atoms with Crippen LogP contribution in [-0.4, -0.2) is 32.6 Å². The Morgan fingerprint density at radius 3 is 2.69 bits per heavy atom. The number of amides is 2. The van der Waals surface area contributed by atoms with Crippen molar-refractivity contribution in [3.05, 3.63) is 59.2 Å². The van der Waals surface area contributed by atoms with E-state index in [4.69, 9.17) is 9.47 Å². The molecular formula is C20H20N2O4. The molecule has 0 fully saturated rings. The second-order valence-electron chi connectivity index (χ2n) is 5.81. The molecule has 0 spiro atoms. The molecule has 0 bridgehead atoms. The van der Waals surface area contributed by atoms with Crippen LogP contribution in [0.3, 0.4) is 0 Å². The Morgan fingerprint density at radius 2 is 1.92 bits per heavy atom. The molecule has 0 radical (unpaired) electrons. The summed E-state index contributed by atoms with van der Waals surface area (Å²) < 4.78 is 10.4. The fourth-order valence-corrected chi connectivity index (χ4v) is 2.80. The maximum absolute atomic E-state index is 12.2. The molecule has 0 aliphatic carbocycles. The van der Waals surface area contributed by atoms with Gasteiger partial charge in [-0.3, -0.25) is 9.59 Å². The molecule has 1 heterocycles. The quantitative estimate of drug-likeness (QED) is 0.811. The first-order valence-corrected chi connectivity index (χ1v) is 8.23. The first kappa shape index (κ1) is 17.5. The number of methoxy groups -OCH3 is 2. The number of carbonyl (C=O) groups excluding carboxylic acids is 2. The fraction of sp³-hybridized carbons (Fsp3) is 0.200. The number of anilines is 1. The Labute approximate surface area is 151 Å². The van der Waals surface area contributed by atoms with Gasteiger partial charge in [-0.15, -0.1) is 0 Å². The Hall–Kier alpha value is -3.28. The number of nitrogens with one attached hydrogen (secondary N) is 2. The average molecular weight is 352 g/mol. The highest BCUT2D eigenvalue weighted by Crippen LogP contribution is 2.28. The number of benzene rings is 2. The van der Waals surface area contributed by atoms with Crippen LogP contribution in [-0.2, 0) is 11.2 Å². The van der Waals surface area contributed by atoms with Crippen molar-refractivity contribution in [2.24, 2.45) is 0 Å². The lowest BCUT2D eigenvalue weighted by Gasteiger charge is -2.17. The van der Waals surface area contributed by atoms with Crippen molar-refractivity contribution in [3.8, 4) is 11.5 Å². The van der Waals surface area contributed by atoms with Gasteiger partial charge in [0.1, 0.15) is 0 Å². The summed E-state index contributed by atoms with van der Waals surface area (Å²) in [5, 5.41) is 5.57. The zero-order valence-corrected chi connectivity index (χ0v) is 14.7. The van der Waals surface area contributed by atoms with Crippen molar-refractivity contribution in [1.29, 1.82) is 0 Å². The minimum absolute atomic E-state index is 0.108. The van der Waals surface area contributed by atoms with E-state index < -0.39 is 0 Å². The zero-order chi connectivity index (χ0) is 18.5. The summed E-state index contributed by atoms with van der Waals surface area (Å²) >= 11 is 0. The summed E-state index contributed by atoms with van der Waals surface area (Å²) in [5.74, 6) is 0.830. The van der Waals surface area contributed by atoms with E-state index in [2.05, 4.69) is 10.6 Å². The van der Waals surface area contributed by atoms with Crippen LogP contribution in [0.2, 0.25) is 0 Å². The second kappa shape index (κ2) is 7.74. The Bertz CT molecular complexity index is 874. The topological polar surface area (TPSA) is 76.7 Å². The third kappa shape index (κ3) is 3.85. The van der Waals surface area contributed by atoms with E-state index in [9.17, 15) is 9.59 Å². The molecule has 0 atom stereocenters. The lowest BCUT2D eigenvalue weighted by atomic mass is 10.00. The van der Waals surface area contributed by atoms with E-state index >= 15 is 0 Å². The maximum atomic E-state index is 12.2. The summed E-state index contributed by atoms with van der Waals surface area (Å²) in [5.41, 5.74) is 3.00. The smallest absolute Gasteiger partial charge is 0.251 e. The highest BCUT2D eigenvalue weighted by atomic mass is 16.5. The molecule has 1 aliphatic rings. The van der Waals surface area contributed by atoms with E-state index in [-0.39, 0.29) is 11.8 Å². The second-order valence-corrected chi connectivity index (χ2v) is 5.81. The monoisotopic (exact) mass is 352 g/mol. The molecule has 2 amide bonds. The van der Waals surface area contributed by atoms with Gasteiger partial charge in [0.05, 0.1) is 14.2 Å². The first-order chi connectivity index (χ1) is 12.6. The standard InChI is InChI=1S/C20H20N2O4/c1-25-17-7-3-13(11-18(17)26-2)4-8-19(23)22-15-6-5-14-9-10-21-20(24)16(14)12-15/h3-8,11-12H,9-10H2,1-2H3,(H,21,24)(H,22,23)/b8-4+. The summed E-state index contributed by atoms with van der Waals surface area (Å²) in [4.78, 5) is 24.0. The Kier molecular flexibility index (Phi) is 5.22. The van der Waals surface area contributed by atoms with Crippen LogP contribution >= 0.6 is 0 Å². The van der Waals surface area contributed by atoms with E-state index in [1.807, 2.05) is 12.1 Å². The molecule has 0 unspecified atom stereocenters. The number of hydrogen-bond acceptors (Lipinski definition) is 4. The third-order valence-corrected chi connectivity index (χ3v) is 4.14. The van der Waals surface area contributed by atoms with Crippen molar-refractivity contribution in [3.63, 3.8) is 0 Å². The third-order valence-electron chi connectivity index (χ3n) is 4.14. The number of rotatable bonds is 5. The number of carbonyl (C=O) groups is 2. The minimum atomic E-state index is -0.282. The summed E-state index contributed by atoms with van der Waals surface area (Å²) in [6.45, 7) is 0.644. The number of fused-ring (bicyclic) bond motifs is 1. The predicted octanol–water partition coefficient (Wildman–Crippen LogP) is 2.64. The van der Waals surface area contributed by atoms with Gasteiger partial charge in [-0.1, -0.05) is 12.1 Å². The van der Waals surface area contributed by atoms with Crippen molar-refractivity contribution in [2.45, 2.75) is 6.42 Å². The Balaban J connectivity index is 1.70. The average Bonchev–Trinajstić information content (AvgIpc) is 2.66. The van der Waals surface area contributed by atoms with Gasteiger partial charge in [-0.25, -0.2) is 0 Å². The molecular weight excluding hydrogens is 332 g/mol. The zero-order valence-electron chi connectivity index (χ0n) is 14.7. The van der Waals surface area contributed by atoms with E-state index in [0.717, 1.165) is 17.5 Å². The summed E-state index contributed by atoms with van der Waals surface area (Å²) in [6, 6.07) is 10.8. The van der Waals surface area contributed by atoms with Gasteiger partial charge >= 0.3 is 0 Å². The highest BCUT2D eigenvalue weighted by molar-refractivity contribution is 6.03. The largest absolute Gasteiger partial charge is 0.493 e. The van der Waals surface area contributed by atoms with E-state index in [0.29, 0.717) is 29.3 Å². The molecule has 0 aromatic heterocycles. The normalized spacial score (nSPS) is 13.1. The van der Waals surface area contributed by atoms with Crippen LogP contribution in [0.4, 0.5) is 5.69 Å². The first-order valence-electron chi connectivity index (χ1n) is 8.23. The van der Waals surface area contributed by atoms with Gasteiger partial charge in [0, 0.05) is 23.9 Å². The van der Waals surface area contributed by atoms with Crippen LogP contribution in [0.5, 0.6) is 11.5 Å². The van der Waals surface area contributed by atoms with Crippen LogP contribution in [0.1, 0.15) is 21.5 Å². The summed E-state index contributed by atoms with van der Waals surface area (Å²) in [6.07, 6.45) is 3.91. The van der Waals surface area contributed by atoms with E-state index in [1.165, 1.54) is 6.08 Å². The SMILES string of the molecule is COc1ccc(/C=C/C(=O)Nc2ccc3c(c2)C(=O)NCC3)cc1OC. The molecule has 6 heteroatoms. The summed E-state index contributed by atoms with van der Waals surface area (Å²) in [7, 11) is 3.13. The van der Waals surface area contributed by atoms with Crippen LogP contribution in [0.25, 0.3) is 6.08 Å². The van der Waals surface area contributed by atoms with Gasteiger partial charge in [0.2, 0.25) is 5.91 Å². The van der Waals surface area contributed by atoms with Gasteiger partial charge in [-0.2, -0.15) is 0 Å². The van der Waals surface area contributed by atoms with Gasteiger partial charge in [-0.05, 0) is 47.9 Å². The van der Waals surface area contributed by atoms with Gasteiger partial charge in [0.15, 0.2) is 11.5 Å². The predicted molar refractivity (Wildman–Crippen MR) is 99.7 cm³/mol. The van der Waals surface area contributed by atoms with Gasteiger partial charge < -0.3 is 20.1 Å². The Morgan fingerprint density at radius 1 is 1.12 bits per heavy atom. The molecule has 26 heavy (non-hydrogen) atoms. The van der Waals surface area contributed by atoms with Crippen LogP contribution < -0.4 is 20.1 Å². The molecule has 2 N–H and O–H groups in total. The molecule has 134 valence electrons. The van der Waals surface area contributed by atoms with Crippen LogP contribution in [0, 0.1) is 0 Å². The van der Waals surface area contributed by atoms with Crippen LogP contribution in [0.15, 0.2) is 42.5 Å². The molecule has 0 saturated carbocycles. The molecule has 1 aliphatic heterocycles. The van der Waals surface area contributed by atoms with Crippen molar-refractivity contribution < 1.29 is 19.1 Å². The lowest BCUT2D eigenvalue weighted by molar-refractivity contribution is -0.111. The molecule has 3 rings (SSSR count). The molecule has 2 aromatic rings. The van der Waals surface area contributed by atoms with E-state index in [1.54, 1.807) is 44.6 Å². The lowest BCUT2D eigenvalue weighted by Crippen LogP contribution is -2.31. The molecule has 2 aromatic carbocycles. The van der Waals surface area contributed by atoms with Crippen molar-refractivity contribution >= 4 is 23.6 Å². The van der Waals surface area contributed by atoms with Gasteiger partial charge in [0.25, 0.3) is 5.91 Å². The highest BCUT2D eigenvalue weighted by Gasteiger charge is 2.16. The minimum Gasteiger partial charge on any atom is -0.493 e. The van der Waals surface area contributed by atoms with Crippen molar-refractivity contribution in [2.75, 3.05) is 26.1 Å². The number of ether oxygens (including phenoxy) is 2. The molecule has 6 nitrogen and oxygen atoms in total. The molecule has 0 saturated heterocycles. The van der Waals surface area contributed by atoms with Crippen molar-refractivity contribution in [1.82, 2.24) is 5.32 Å². The number of hydrogen-bond donors (Lipinski definition) is 2.